The Labute approximate surface area is 272 Å². The number of nitrogens with zero attached hydrogens (tertiary/aromatic N) is 5. The Morgan fingerprint density at radius 2 is 2.00 bits per heavy atom. The molecule has 3 aliphatic rings. The van der Waals surface area contributed by atoms with Crippen LogP contribution in [-0.4, -0.2) is 85.7 Å². The quantitative estimate of drug-likeness (QED) is 0.166. The number of benzene rings is 2. The van der Waals surface area contributed by atoms with Crippen LogP contribution in [-0.2, 0) is 9.71 Å². The van der Waals surface area contributed by atoms with Gasteiger partial charge in [-0.1, -0.05) is 24.1 Å². The number of hydrogen-bond donors (Lipinski definition) is 2. The van der Waals surface area contributed by atoms with Crippen molar-refractivity contribution >= 4 is 43.1 Å². The van der Waals surface area contributed by atoms with Crippen molar-refractivity contribution < 1.29 is 22.8 Å². The van der Waals surface area contributed by atoms with Crippen molar-refractivity contribution in [3.63, 3.8) is 0 Å². The normalized spacial score (nSPS) is 22.7. The van der Waals surface area contributed by atoms with Gasteiger partial charge in [0.15, 0.2) is 5.82 Å². The number of phenolic OH excluding ortho intramolecular Hbond substituents is 1. The highest BCUT2D eigenvalue weighted by Gasteiger charge is 2.49. The number of halogens is 2. The third kappa shape index (κ3) is 5.88. The Hall–Kier alpha value is -4.31. The van der Waals surface area contributed by atoms with Crippen LogP contribution in [0.5, 0.6) is 11.8 Å². The molecular formula is C35H36F2N6O3S. The maximum atomic E-state index is 16.8. The van der Waals surface area contributed by atoms with Crippen molar-refractivity contribution in [3.8, 4) is 35.4 Å². The molecule has 2 N–H and O–H groups in total. The fourth-order valence-corrected chi connectivity index (χ4v) is 8.30. The van der Waals surface area contributed by atoms with E-state index in [0.29, 0.717) is 29.7 Å². The summed E-state index contributed by atoms with van der Waals surface area (Å²) in [6, 6.07) is 5.52. The summed E-state index contributed by atoms with van der Waals surface area (Å²) >= 11 is 0. The molecule has 0 aliphatic carbocycles. The molecule has 4 aromatic rings. The lowest BCUT2D eigenvalue weighted by Gasteiger charge is -2.31. The Kier molecular flexibility index (Phi) is 8.02. The first-order chi connectivity index (χ1) is 22.5. The van der Waals surface area contributed by atoms with Gasteiger partial charge >= 0.3 is 6.01 Å². The molecule has 0 amide bonds. The fraction of sp³-hybridized carbons (Fsp3) is 0.371. The summed E-state index contributed by atoms with van der Waals surface area (Å²) in [5.41, 5.74) is -0.333. The minimum Gasteiger partial charge on any atom is -0.508 e. The number of aromatic nitrogens is 3. The number of fused-ring (bicyclic) bond motifs is 3. The van der Waals surface area contributed by atoms with Gasteiger partial charge in [0.1, 0.15) is 35.2 Å². The van der Waals surface area contributed by atoms with Gasteiger partial charge < -0.3 is 14.7 Å². The lowest BCUT2D eigenvalue weighted by atomic mass is 9.94. The van der Waals surface area contributed by atoms with Crippen LogP contribution in [0.25, 0.3) is 32.9 Å². The van der Waals surface area contributed by atoms with E-state index in [4.69, 9.17) is 16.1 Å². The average Bonchev–Trinajstić information content (AvgIpc) is 3.42. The molecule has 2 fully saturated rings. The van der Waals surface area contributed by atoms with E-state index in [1.807, 2.05) is 0 Å². The van der Waals surface area contributed by atoms with Gasteiger partial charge in [0.2, 0.25) is 0 Å². The highest BCUT2D eigenvalue weighted by Crippen LogP contribution is 2.41. The zero-order valence-electron chi connectivity index (χ0n) is 26.1. The van der Waals surface area contributed by atoms with Crippen molar-refractivity contribution in [2.75, 3.05) is 43.9 Å². The van der Waals surface area contributed by atoms with E-state index >= 15 is 4.39 Å². The number of terminal acetylenes is 1. The standard InChI is InChI=1S/C35H36F2N6O3S/c1-4-25-28(36)11-10-22-16-24(44)17-26(29(22)25)31-30(37)32-27(19-38-31)33(42-13-7-5-6-8-14-42)40-34(39-32)46-21-35-12-9-15-43(35)20-23(18-35)41-47(2,3)45/h1,5-6,10-11,16-17,19,23,44H,2,7-9,12-15,18,20-21H2,3H3,(H,41,45)/t23?,35-,47?/m0/s1. The smallest absolute Gasteiger partial charge is 0.319 e. The van der Waals surface area contributed by atoms with Crippen molar-refractivity contribution in [2.24, 2.45) is 0 Å². The van der Waals surface area contributed by atoms with Crippen LogP contribution in [0.15, 0.2) is 42.6 Å². The molecule has 0 radical (unpaired) electrons. The zero-order valence-corrected chi connectivity index (χ0v) is 27.0. The van der Waals surface area contributed by atoms with E-state index in [2.05, 4.69) is 48.4 Å². The zero-order chi connectivity index (χ0) is 32.9. The minimum absolute atomic E-state index is 0.00289. The first kappa shape index (κ1) is 31.3. The fourth-order valence-electron chi connectivity index (χ4n) is 7.44. The van der Waals surface area contributed by atoms with Crippen molar-refractivity contribution in [2.45, 2.75) is 43.7 Å². The lowest BCUT2D eigenvalue weighted by molar-refractivity contribution is 0.108. The highest BCUT2D eigenvalue weighted by atomic mass is 32.2. The van der Waals surface area contributed by atoms with Crippen LogP contribution in [0.2, 0.25) is 0 Å². The van der Waals surface area contributed by atoms with Crippen LogP contribution in [0.4, 0.5) is 14.6 Å². The molecule has 47 heavy (non-hydrogen) atoms. The van der Waals surface area contributed by atoms with E-state index in [1.54, 1.807) is 6.26 Å². The number of hydrogen-bond acceptors (Lipinski definition) is 8. The maximum absolute atomic E-state index is 16.8. The molecule has 3 atom stereocenters. The molecule has 2 aromatic carbocycles. The predicted molar refractivity (Wildman–Crippen MR) is 182 cm³/mol. The number of rotatable bonds is 7. The molecular weight excluding hydrogens is 622 g/mol. The second-order valence-corrected chi connectivity index (χ2v) is 15.0. The predicted octanol–water partition coefficient (Wildman–Crippen LogP) is 4.80. The molecule has 5 heterocycles. The Morgan fingerprint density at radius 3 is 2.74 bits per heavy atom. The largest absolute Gasteiger partial charge is 0.508 e. The van der Waals surface area contributed by atoms with Crippen LogP contribution in [0.3, 0.4) is 0 Å². The molecule has 3 aliphatic heterocycles. The Morgan fingerprint density at radius 1 is 1.21 bits per heavy atom. The first-order valence-electron chi connectivity index (χ1n) is 15.7. The van der Waals surface area contributed by atoms with Gasteiger partial charge in [-0.25, -0.2) is 13.5 Å². The van der Waals surface area contributed by atoms with Gasteiger partial charge in [-0.2, -0.15) is 9.97 Å². The molecule has 7 rings (SSSR count). The first-order valence-corrected chi connectivity index (χ1v) is 17.8. The van der Waals surface area contributed by atoms with Gasteiger partial charge in [-0.15, -0.1) is 6.42 Å². The second kappa shape index (κ2) is 12.0. The van der Waals surface area contributed by atoms with Gasteiger partial charge in [-0.05, 0) is 68.1 Å². The lowest BCUT2D eigenvalue weighted by Crippen LogP contribution is -2.43. The molecule has 9 nitrogen and oxygen atoms in total. The van der Waals surface area contributed by atoms with Crippen molar-refractivity contribution in [1.29, 1.82) is 0 Å². The summed E-state index contributed by atoms with van der Waals surface area (Å²) in [7, 11) is -2.38. The molecule has 2 aromatic heterocycles. The van der Waals surface area contributed by atoms with Crippen LogP contribution in [0.1, 0.15) is 37.7 Å². The Balaban J connectivity index is 1.33. The Bertz CT molecular complexity index is 2070. The number of ether oxygens (including phenoxy) is 1. The number of nitrogens with one attached hydrogen (secondary N) is 1. The minimum atomic E-state index is -2.38. The summed E-state index contributed by atoms with van der Waals surface area (Å²) in [6.07, 6.45) is 17.3. The van der Waals surface area contributed by atoms with E-state index in [1.165, 1.54) is 30.5 Å². The average molecular weight is 659 g/mol. The van der Waals surface area contributed by atoms with Gasteiger partial charge in [0.05, 0.1) is 16.5 Å². The number of pyridine rings is 1. The highest BCUT2D eigenvalue weighted by molar-refractivity contribution is 7.97. The van der Waals surface area contributed by atoms with E-state index in [0.717, 1.165) is 45.2 Å². The summed E-state index contributed by atoms with van der Waals surface area (Å²) in [5.74, 6) is 5.11. The molecule has 2 saturated heterocycles. The van der Waals surface area contributed by atoms with E-state index in [-0.39, 0.29) is 57.7 Å². The van der Waals surface area contributed by atoms with Gasteiger partial charge in [-0.3, -0.25) is 14.1 Å². The SMILES string of the molecule is C#Cc1c(F)ccc2cc(O)cc(-c3ncc4c(N5CCC=CCC5)nc(OC[C@@]56CCCN5CC(NS(=C)(C)=O)C6)nc4c3F)c12. The monoisotopic (exact) mass is 658 g/mol. The molecule has 0 bridgehead atoms. The summed E-state index contributed by atoms with van der Waals surface area (Å²) < 4.78 is 53.6. The second-order valence-electron chi connectivity index (χ2n) is 12.8. The number of aromatic hydroxyl groups is 1. The van der Waals surface area contributed by atoms with Crippen molar-refractivity contribution in [1.82, 2.24) is 24.6 Å². The molecule has 244 valence electrons. The topological polar surface area (TPSA) is 104 Å². The number of anilines is 1. The number of phenols is 1. The third-order valence-corrected chi connectivity index (χ3v) is 10.2. The third-order valence-electron chi connectivity index (χ3n) is 9.39. The molecule has 12 heteroatoms. The van der Waals surface area contributed by atoms with Crippen LogP contribution in [0, 0.1) is 24.0 Å². The van der Waals surface area contributed by atoms with Gasteiger partial charge in [0, 0.05) is 58.8 Å². The van der Waals surface area contributed by atoms with Crippen LogP contribution >= 0.6 is 0 Å². The van der Waals surface area contributed by atoms with E-state index in [9.17, 15) is 13.7 Å². The molecule has 2 unspecified atom stereocenters. The molecule has 0 saturated carbocycles. The van der Waals surface area contributed by atoms with Crippen molar-refractivity contribution in [3.05, 3.63) is 59.8 Å². The van der Waals surface area contributed by atoms with E-state index < -0.39 is 21.3 Å². The maximum Gasteiger partial charge on any atom is 0.319 e. The summed E-state index contributed by atoms with van der Waals surface area (Å²) in [4.78, 5) is 18.3. The molecule has 0 spiro atoms. The van der Waals surface area contributed by atoms with Gasteiger partial charge in [0.25, 0.3) is 0 Å². The summed E-state index contributed by atoms with van der Waals surface area (Å²) in [6.45, 7) is 3.24. The summed E-state index contributed by atoms with van der Waals surface area (Å²) in [5, 5.41) is 11.7. The van der Waals surface area contributed by atoms with Crippen LogP contribution < -0.4 is 14.4 Å².